The Morgan fingerprint density at radius 1 is 1.07 bits per heavy atom. The van der Waals surface area contributed by atoms with Gasteiger partial charge in [-0.15, -0.1) is 0 Å². The van der Waals surface area contributed by atoms with Crippen molar-refractivity contribution in [2.75, 3.05) is 24.2 Å². The number of nitrogens with zero attached hydrogens (tertiary/aromatic N) is 1. The van der Waals surface area contributed by atoms with E-state index in [1.807, 2.05) is 0 Å². The van der Waals surface area contributed by atoms with Crippen molar-refractivity contribution in [2.24, 2.45) is 5.92 Å². The van der Waals surface area contributed by atoms with Gasteiger partial charge >= 0.3 is 0 Å². The average molecular weight is 422 g/mol. The number of likely N-dealkylation sites (N-methyl/N-ethyl adjacent to an activating group) is 1. The number of anilines is 2. The minimum Gasteiger partial charge on any atom is -0.326 e. The summed E-state index contributed by atoms with van der Waals surface area (Å²) in [6, 6.07) is 12.5. The molecule has 1 aliphatic rings. The van der Waals surface area contributed by atoms with Crippen LogP contribution in [0.25, 0.3) is 0 Å². The second-order valence-electron chi connectivity index (χ2n) is 6.61. The number of sulfonamides is 1. The van der Waals surface area contributed by atoms with E-state index in [2.05, 4.69) is 10.6 Å². The third kappa shape index (κ3) is 5.09. The Balaban J connectivity index is 1.61. The number of benzene rings is 2. The SMILES string of the molecule is CN(CC(=O)Nc1cccc(NC(=O)C2CC2)c1)S(=O)(=O)c1ccc(Cl)cc1. The molecular weight excluding hydrogens is 402 g/mol. The van der Waals surface area contributed by atoms with Crippen molar-refractivity contribution in [3.63, 3.8) is 0 Å². The first-order valence-electron chi connectivity index (χ1n) is 8.68. The zero-order valence-corrected chi connectivity index (χ0v) is 16.8. The molecule has 1 aliphatic carbocycles. The van der Waals surface area contributed by atoms with E-state index in [0.29, 0.717) is 16.4 Å². The molecule has 0 aromatic heterocycles. The molecule has 148 valence electrons. The summed E-state index contributed by atoms with van der Waals surface area (Å²) in [5, 5.41) is 5.87. The average Bonchev–Trinajstić information content (AvgIpc) is 3.47. The Morgan fingerprint density at radius 2 is 1.68 bits per heavy atom. The van der Waals surface area contributed by atoms with Gasteiger partial charge in [0.15, 0.2) is 0 Å². The molecule has 0 heterocycles. The smallest absolute Gasteiger partial charge is 0.243 e. The van der Waals surface area contributed by atoms with Gasteiger partial charge in [-0.3, -0.25) is 9.59 Å². The first-order chi connectivity index (χ1) is 13.3. The van der Waals surface area contributed by atoms with Crippen LogP contribution in [0.5, 0.6) is 0 Å². The Hall–Kier alpha value is -2.42. The molecule has 2 aromatic rings. The molecule has 7 nitrogen and oxygen atoms in total. The van der Waals surface area contributed by atoms with Crippen molar-refractivity contribution in [3.05, 3.63) is 53.6 Å². The maximum Gasteiger partial charge on any atom is 0.243 e. The second kappa shape index (κ2) is 8.30. The highest BCUT2D eigenvalue weighted by Crippen LogP contribution is 2.30. The van der Waals surface area contributed by atoms with Gasteiger partial charge in [0.1, 0.15) is 0 Å². The van der Waals surface area contributed by atoms with E-state index >= 15 is 0 Å². The largest absolute Gasteiger partial charge is 0.326 e. The maximum atomic E-state index is 12.5. The van der Waals surface area contributed by atoms with Crippen LogP contribution >= 0.6 is 11.6 Å². The minimum absolute atomic E-state index is 0.0303. The van der Waals surface area contributed by atoms with Gasteiger partial charge in [-0.05, 0) is 55.3 Å². The molecular formula is C19H20ClN3O4S. The Morgan fingerprint density at radius 3 is 2.29 bits per heavy atom. The Labute approximate surface area is 168 Å². The summed E-state index contributed by atoms with van der Waals surface area (Å²) in [6.45, 7) is -0.358. The first kappa shape index (κ1) is 20.3. The van der Waals surface area contributed by atoms with Gasteiger partial charge in [0.25, 0.3) is 0 Å². The standard InChI is InChI=1S/C19H20ClN3O4S/c1-23(28(26,27)17-9-7-14(20)8-10-17)12-18(24)21-15-3-2-4-16(11-15)22-19(25)13-5-6-13/h2-4,7-11,13H,5-6,12H2,1H3,(H,21,24)(H,22,25). The lowest BCUT2D eigenvalue weighted by atomic mass is 10.2. The van der Waals surface area contributed by atoms with Crippen LogP contribution in [0.1, 0.15) is 12.8 Å². The molecule has 0 saturated heterocycles. The van der Waals surface area contributed by atoms with Crippen molar-refractivity contribution in [1.82, 2.24) is 4.31 Å². The number of hydrogen-bond acceptors (Lipinski definition) is 4. The van der Waals surface area contributed by atoms with Crippen LogP contribution in [0.4, 0.5) is 11.4 Å². The van der Waals surface area contributed by atoms with Crippen LogP contribution in [0.2, 0.25) is 5.02 Å². The lowest BCUT2D eigenvalue weighted by Gasteiger charge is -2.17. The Bertz CT molecular complexity index is 988. The predicted octanol–water partition coefficient (Wildman–Crippen LogP) is 2.95. The summed E-state index contributed by atoms with van der Waals surface area (Å²) in [5.74, 6) is -0.451. The van der Waals surface area contributed by atoms with Gasteiger partial charge < -0.3 is 10.6 Å². The molecule has 1 saturated carbocycles. The van der Waals surface area contributed by atoms with Crippen LogP contribution < -0.4 is 10.6 Å². The second-order valence-corrected chi connectivity index (χ2v) is 9.09. The number of amides is 2. The van der Waals surface area contributed by atoms with E-state index in [1.54, 1.807) is 24.3 Å². The van der Waals surface area contributed by atoms with Gasteiger partial charge in [0.2, 0.25) is 21.8 Å². The van der Waals surface area contributed by atoms with Crippen molar-refractivity contribution < 1.29 is 18.0 Å². The zero-order chi connectivity index (χ0) is 20.3. The molecule has 0 bridgehead atoms. The molecule has 2 N–H and O–H groups in total. The van der Waals surface area contributed by atoms with Crippen molar-refractivity contribution in [3.8, 4) is 0 Å². The van der Waals surface area contributed by atoms with E-state index in [-0.39, 0.29) is 23.3 Å². The van der Waals surface area contributed by atoms with Crippen molar-refractivity contribution >= 4 is 44.8 Å². The summed E-state index contributed by atoms with van der Waals surface area (Å²) in [5.41, 5.74) is 1.05. The van der Waals surface area contributed by atoms with Gasteiger partial charge in [-0.1, -0.05) is 17.7 Å². The van der Waals surface area contributed by atoms with Gasteiger partial charge in [-0.25, -0.2) is 8.42 Å². The molecule has 0 atom stereocenters. The molecule has 9 heteroatoms. The van der Waals surface area contributed by atoms with Crippen LogP contribution in [-0.4, -0.2) is 38.1 Å². The number of halogens is 1. The van der Waals surface area contributed by atoms with Crippen molar-refractivity contribution in [2.45, 2.75) is 17.7 Å². The van der Waals surface area contributed by atoms with E-state index in [0.717, 1.165) is 17.1 Å². The summed E-state index contributed by atoms with van der Waals surface area (Å²) in [6.07, 6.45) is 1.80. The lowest BCUT2D eigenvalue weighted by molar-refractivity contribution is -0.117. The molecule has 2 amide bonds. The number of carbonyl (C=O) groups is 2. The first-order valence-corrected chi connectivity index (χ1v) is 10.5. The van der Waals surface area contributed by atoms with E-state index in [4.69, 9.17) is 11.6 Å². The van der Waals surface area contributed by atoms with E-state index in [1.165, 1.54) is 31.3 Å². The predicted molar refractivity (Wildman–Crippen MR) is 108 cm³/mol. The summed E-state index contributed by atoms with van der Waals surface area (Å²) < 4.78 is 26.0. The fourth-order valence-electron chi connectivity index (χ4n) is 2.54. The van der Waals surface area contributed by atoms with Gasteiger partial charge in [-0.2, -0.15) is 4.31 Å². The normalized spacial score (nSPS) is 14.0. The fraction of sp³-hybridized carbons (Fsp3) is 0.263. The molecule has 1 fully saturated rings. The highest BCUT2D eigenvalue weighted by atomic mass is 35.5. The number of nitrogens with one attached hydrogen (secondary N) is 2. The molecule has 3 rings (SSSR count). The van der Waals surface area contributed by atoms with Gasteiger partial charge in [0, 0.05) is 29.4 Å². The summed E-state index contributed by atoms with van der Waals surface area (Å²) in [4.78, 5) is 24.2. The highest BCUT2D eigenvalue weighted by Gasteiger charge is 2.29. The van der Waals surface area contributed by atoms with Crippen LogP contribution in [-0.2, 0) is 19.6 Å². The molecule has 28 heavy (non-hydrogen) atoms. The highest BCUT2D eigenvalue weighted by molar-refractivity contribution is 7.89. The van der Waals surface area contributed by atoms with Crippen LogP contribution in [0.3, 0.4) is 0 Å². The molecule has 2 aromatic carbocycles. The molecule has 0 radical (unpaired) electrons. The zero-order valence-electron chi connectivity index (χ0n) is 15.2. The number of hydrogen-bond donors (Lipinski definition) is 2. The summed E-state index contributed by atoms with van der Waals surface area (Å²) in [7, 11) is -2.48. The maximum absolute atomic E-state index is 12.5. The topological polar surface area (TPSA) is 95.6 Å². The lowest BCUT2D eigenvalue weighted by Crippen LogP contribution is -2.34. The van der Waals surface area contributed by atoms with Crippen LogP contribution in [0, 0.1) is 5.92 Å². The molecule has 0 aliphatic heterocycles. The monoisotopic (exact) mass is 421 g/mol. The third-order valence-electron chi connectivity index (χ3n) is 4.25. The van der Waals surface area contributed by atoms with E-state index in [9.17, 15) is 18.0 Å². The number of carbonyl (C=O) groups excluding carboxylic acids is 2. The van der Waals surface area contributed by atoms with E-state index < -0.39 is 15.9 Å². The quantitative estimate of drug-likeness (QED) is 0.718. The third-order valence-corrected chi connectivity index (χ3v) is 6.32. The molecule has 0 unspecified atom stereocenters. The Kier molecular flexibility index (Phi) is 6.02. The van der Waals surface area contributed by atoms with Crippen molar-refractivity contribution in [1.29, 1.82) is 0 Å². The van der Waals surface area contributed by atoms with Crippen LogP contribution in [0.15, 0.2) is 53.4 Å². The number of rotatable bonds is 7. The minimum atomic E-state index is -3.81. The molecule has 0 spiro atoms. The van der Waals surface area contributed by atoms with Gasteiger partial charge in [0.05, 0.1) is 11.4 Å². The summed E-state index contributed by atoms with van der Waals surface area (Å²) >= 11 is 5.78. The fourth-order valence-corrected chi connectivity index (χ4v) is 3.79.